The Morgan fingerprint density at radius 1 is 1.08 bits per heavy atom. The standard InChI is InChI=1S/C20H16N2O2/c1-22-17-12-6-5-11-16(17)20(19(22)23,18-13-7-8-14-21-18)24-15-9-3-2-4-10-15/h2-14H,1H3/i7D,8D,9D,13D,14D. The molecule has 2 heterocycles. The normalized spacial score (nSPS) is 22.1. The van der Waals surface area contributed by atoms with Crippen molar-refractivity contribution in [3.05, 3.63) is 90.1 Å². The van der Waals surface area contributed by atoms with Crippen LogP contribution in [0.15, 0.2) is 78.9 Å². The number of anilines is 1. The Hall–Kier alpha value is -3.14. The van der Waals surface area contributed by atoms with Crippen LogP contribution >= 0.6 is 0 Å². The molecule has 0 bridgehead atoms. The molecule has 1 atom stereocenters. The summed E-state index contributed by atoms with van der Waals surface area (Å²) >= 11 is 0. The number of amides is 1. The maximum atomic E-state index is 13.5. The number of pyridine rings is 1. The molecule has 1 unspecified atom stereocenters. The van der Waals surface area contributed by atoms with E-state index in [1.807, 2.05) is 0 Å². The Labute approximate surface area is 147 Å². The average molecular weight is 321 g/mol. The number of ether oxygens (including phenoxy) is 1. The molecule has 4 nitrogen and oxygen atoms in total. The minimum absolute atomic E-state index is 0.0348. The van der Waals surface area contributed by atoms with Crippen LogP contribution < -0.4 is 9.64 Å². The molecular weight excluding hydrogens is 300 g/mol. The van der Waals surface area contributed by atoms with Crippen LogP contribution in [0.1, 0.15) is 18.1 Å². The first-order valence-electron chi connectivity index (χ1n) is 9.86. The Bertz CT molecular complexity index is 1150. The van der Waals surface area contributed by atoms with Gasteiger partial charge in [-0.25, -0.2) is 0 Å². The first-order valence-corrected chi connectivity index (χ1v) is 7.36. The predicted molar refractivity (Wildman–Crippen MR) is 91.9 cm³/mol. The molecule has 1 aromatic heterocycles. The molecule has 4 heteroatoms. The van der Waals surface area contributed by atoms with E-state index in [2.05, 4.69) is 4.98 Å². The lowest BCUT2D eigenvalue weighted by atomic mass is 9.90. The van der Waals surface area contributed by atoms with Crippen LogP contribution in [-0.4, -0.2) is 17.9 Å². The second-order valence-electron chi connectivity index (χ2n) is 5.34. The van der Waals surface area contributed by atoms with E-state index in [1.165, 1.54) is 17.0 Å². The lowest BCUT2D eigenvalue weighted by Crippen LogP contribution is -2.45. The number of fused-ring (bicyclic) bond motifs is 1. The van der Waals surface area contributed by atoms with Crippen molar-refractivity contribution >= 4 is 11.6 Å². The van der Waals surface area contributed by atoms with Crippen LogP contribution in [-0.2, 0) is 10.4 Å². The Morgan fingerprint density at radius 2 is 1.92 bits per heavy atom. The molecule has 4 rings (SSSR count). The Balaban J connectivity index is 2.08. The van der Waals surface area contributed by atoms with Crippen LogP contribution in [0.4, 0.5) is 5.69 Å². The minimum Gasteiger partial charge on any atom is -0.466 e. The van der Waals surface area contributed by atoms with Crippen molar-refractivity contribution in [1.29, 1.82) is 0 Å². The number of aromatic nitrogens is 1. The SMILES string of the molecule is [2H]c1ccccc1OC1(c2nc([2H])c([2H])c([2H])c2[2H])C(=O)N(C)c2ccccc21. The number of nitrogens with zero attached hydrogens (tertiary/aromatic N) is 2. The second-order valence-corrected chi connectivity index (χ2v) is 5.34. The molecule has 1 aliphatic heterocycles. The summed E-state index contributed by atoms with van der Waals surface area (Å²) in [5, 5.41) is 0. The molecule has 24 heavy (non-hydrogen) atoms. The molecule has 0 radical (unpaired) electrons. The summed E-state index contributed by atoms with van der Waals surface area (Å²) in [6.45, 7) is 0. The third kappa shape index (κ3) is 2.00. The van der Waals surface area contributed by atoms with Crippen LogP contribution in [0.5, 0.6) is 5.75 Å². The molecule has 118 valence electrons. The molecule has 0 spiro atoms. The van der Waals surface area contributed by atoms with Crippen LogP contribution in [0.25, 0.3) is 0 Å². The molecule has 0 fully saturated rings. The fraction of sp³-hybridized carbons (Fsp3) is 0.100. The van der Waals surface area contributed by atoms with Gasteiger partial charge in [-0.2, -0.15) is 0 Å². The first-order chi connectivity index (χ1) is 13.8. The highest BCUT2D eigenvalue weighted by atomic mass is 16.5. The second kappa shape index (κ2) is 5.49. The molecule has 3 aromatic rings. The number of likely N-dealkylation sites (N-methyl/N-ethyl adjacent to an activating group) is 1. The monoisotopic (exact) mass is 321 g/mol. The van der Waals surface area contributed by atoms with Crippen molar-refractivity contribution in [2.45, 2.75) is 5.60 Å². The number of benzene rings is 2. The summed E-state index contributed by atoms with van der Waals surface area (Å²) in [7, 11) is 1.56. The number of carbonyl (C=O) groups excluding carboxylic acids is 1. The fourth-order valence-electron chi connectivity index (χ4n) is 2.90. The summed E-state index contributed by atoms with van der Waals surface area (Å²) in [6, 6.07) is 11.8. The highest BCUT2D eigenvalue weighted by molar-refractivity contribution is 6.08. The zero-order valence-corrected chi connectivity index (χ0v) is 12.8. The van der Waals surface area contributed by atoms with Crippen molar-refractivity contribution < 1.29 is 16.4 Å². The van der Waals surface area contributed by atoms with E-state index in [9.17, 15) is 4.79 Å². The van der Waals surface area contributed by atoms with Gasteiger partial charge in [0.2, 0.25) is 0 Å². The lowest BCUT2D eigenvalue weighted by molar-refractivity contribution is -0.130. The van der Waals surface area contributed by atoms with Crippen LogP contribution in [0.2, 0.25) is 0 Å². The van der Waals surface area contributed by atoms with Gasteiger partial charge in [0, 0.05) is 18.8 Å². The largest absolute Gasteiger partial charge is 0.466 e. The van der Waals surface area contributed by atoms with E-state index < -0.39 is 35.8 Å². The van der Waals surface area contributed by atoms with E-state index in [0.29, 0.717) is 11.3 Å². The number of para-hydroxylation sites is 2. The van der Waals surface area contributed by atoms with Gasteiger partial charge in [-0.3, -0.25) is 9.78 Å². The molecule has 0 N–H and O–H groups in total. The third-order valence-electron chi connectivity index (χ3n) is 3.99. The van der Waals surface area contributed by atoms with Gasteiger partial charge in [0.25, 0.3) is 11.5 Å². The van der Waals surface area contributed by atoms with Crippen molar-refractivity contribution in [3.63, 3.8) is 0 Å². The number of rotatable bonds is 3. The molecule has 0 saturated carbocycles. The van der Waals surface area contributed by atoms with Gasteiger partial charge in [-0.05, 0) is 30.3 Å². The minimum atomic E-state index is -1.95. The van der Waals surface area contributed by atoms with E-state index in [0.717, 1.165) is 0 Å². The zero-order chi connectivity index (χ0) is 20.9. The Morgan fingerprint density at radius 3 is 2.79 bits per heavy atom. The first kappa shape index (κ1) is 9.88. The number of hydrogen-bond acceptors (Lipinski definition) is 3. The van der Waals surface area contributed by atoms with E-state index in [-0.39, 0.29) is 17.5 Å². The van der Waals surface area contributed by atoms with Crippen LogP contribution in [0, 0.1) is 0 Å². The van der Waals surface area contributed by atoms with E-state index in [1.54, 1.807) is 43.4 Å². The van der Waals surface area contributed by atoms with Gasteiger partial charge in [0.05, 0.1) is 18.2 Å². The molecule has 0 saturated heterocycles. The molecule has 2 aromatic carbocycles. The summed E-state index contributed by atoms with van der Waals surface area (Å²) in [4.78, 5) is 18.9. The van der Waals surface area contributed by atoms with Crippen molar-refractivity contribution in [1.82, 2.24) is 4.98 Å². The summed E-state index contributed by atoms with van der Waals surface area (Å²) < 4.78 is 46.4. The highest BCUT2D eigenvalue weighted by Gasteiger charge is 2.54. The fourth-order valence-corrected chi connectivity index (χ4v) is 2.90. The average Bonchev–Trinajstić information content (AvgIpc) is 2.93. The van der Waals surface area contributed by atoms with E-state index in [4.69, 9.17) is 11.6 Å². The van der Waals surface area contributed by atoms with Gasteiger partial charge in [0.15, 0.2) is 0 Å². The third-order valence-corrected chi connectivity index (χ3v) is 3.99. The molecular formula is C20H16N2O2. The number of carbonyl (C=O) groups is 1. The lowest BCUT2D eigenvalue weighted by Gasteiger charge is -2.28. The van der Waals surface area contributed by atoms with Gasteiger partial charge >= 0.3 is 0 Å². The summed E-state index contributed by atoms with van der Waals surface area (Å²) in [5.74, 6) is -0.459. The van der Waals surface area contributed by atoms with Crippen molar-refractivity contribution in [2.24, 2.45) is 0 Å². The van der Waals surface area contributed by atoms with Crippen molar-refractivity contribution in [2.75, 3.05) is 11.9 Å². The zero-order valence-electron chi connectivity index (χ0n) is 17.8. The van der Waals surface area contributed by atoms with Gasteiger partial charge < -0.3 is 9.64 Å². The quantitative estimate of drug-likeness (QED) is 0.743. The molecule has 1 amide bonds. The summed E-state index contributed by atoms with van der Waals surface area (Å²) in [6.07, 6.45) is -0.525. The maximum Gasteiger partial charge on any atom is 0.282 e. The summed E-state index contributed by atoms with van der Waals surface area (Å²) in [5.41, 5.74) is -1.25. The van der Waals surface area contributed by atoms with E-state index >= 15 is 0 Å². The van der Waals surface area contributed by atoms with Crippen LogP contribution in [0.3, 0.4) is 0 Å². The highest BCUT2D eigenvalue weighted by Crippen LogP contribution is 2.45. The molecule has 0 aliphatic carbocycles. The van der Waals surface area contributed by atoms with Gasteiger partial charge in [-0.1, -0.05) is 42.4 Å². The maximum absolute atomic E-state index is 13.5. The van der Waals surface area contributed by atoms with Crippen molar-refractivity contribution in [3.8, 4) is 5.75 Å². The smallest absolute Gasteiger partial charge is 0.282 e. The predicted octanol–water partition coefficient (Wildman–Crippen LogP) is 3.38. The molecule has 1 aliphatic rings. The Kier molecular flexibility index (Phi) is 2.26. The van der Waals surface area contributed by atoms with Gasteiger partial charge in [-0.15, -0.1) is 0 Å². The number of hydrogen-bond donors (Lipinski definition) is 0. The topological polar surface area (TPSA) is 42.4 Å². The van der Waals surface area contributed by atoms with Gasteiger partial charge in [0.1, 0.15) is 5.75 Å².